The Labute approximate surface area is 164 Å². The fourth-order valence-corrected chi connectivity index (χ4v) is 3.07. The molecule has 0 spiro atoms. The van der Waals surface area contributed by atoms with Crippen LogP contribution in [0.25, 0.3) is 5.65 Å². The first-order valence-electron chi connectivity index (χ1n) is 8.37. The number of aromatic nitrogens is 3. The largest absolute Gasteiger partial charge is 0.459 e. The Hall–Kier alpha value is -3.14. The van der Waals surface area contributed by atoms with Gasteiger partial charge >= 0.3 is 5.97 Å². The van der Waals surface area contributed by atoms with Crippen LogP contribution < -0.4 is 10.9 Å². The van der Waals surface area contributed by atoms with Crippen LogP contribution in [-0.4, -0.2) is 37.9 Å². The quantitative estimate of drug-likeness (QED) is 0.594. The van der Waals surface area contributed by atoms with Gasteiger partial charge in [-0.25, -0.2) is 4.98 Å². The molecule has 0 fully saturated rings. The van der Waals surface area contributed by atoms with Gasteiger partial charge in [-0.3, -0.25) is 18.8 Å². The van der Waals surface area contributed by atoms with Crippen molar-refractivity contribution in [2.75, 3.05) is 16.8 Å². The van der Waals surface area contributed by atoms with Gasteiger partial charge in [0.2, 0.25) is 5.91 Å². The second-order valence-electron chi connectivity index (χ2n) is 5.97. The molecule has 0 aliphatic carbocycles. The average molecular weight is 402 g/mol. The summed E-state index contributed by atoms with van der Waals surface area (Å²) in [4.78, 5) is 40.1. The number of esters is 1. The Balaban J connectivity index is 1.46. The number of nitrogens with zero attached hydrogens (tertiary/aromatic N) is 3. The molecule has 3 rings (SSSR count). The number of hydrogen-bond donors (Lipinski definition) is 1. The van der Waals surface area contributed by atoms with Gasteiger partial charge in [0.15, 0.2) is 5.82 Å². The number of pyridine rings is 1. The normalized spacial score (nSPS) is 10.8. The van der Waals surface area contributed by atoms with Gasteiger partial charge in [-0.05, 0) is 26.0 Å². The molecule has 9 nitrogen and oxygen atoms in total. The number of hydrogen-bond acceptors (Lipinski definition) is 8. The Morgan fingerprint density at radius 1 is 1.25 bits per heavy atom. The standard InChI is InChI=1S/C18H18N4O5S/c1-11-4-3-5-15-19-13(7-17(24)22(11)15)8-26-18(25)10-28-9-16(23)20-14-6-12(2)27-21-14/h3-7H,8-10H2,1-2H3,(H,20,21,23). The van der Waals surface area contributed by atoms with E-state index >= 15 is 0 Å². The van der Waals surface area contributed by atoms with Gasteiger partial charge in [-0.15, -0.1) is 11.8 Å². The van der Waals surface area contributed by atoms with E-state index in [0.29, 0.717) is 22.9 Å². The highest BCUT2D eigenvalue weighted by atomic mass is 32.2. The smallest absolute Gasteiger partial charge is 0.316 e. The van der Waals surface area contributed by atoms with Crippen molar-refractivity contribution in [1.82, 2.24) is 14.5 Å². The topological polar surface area (TPSA) is 116 Å². The minimum atomic E-state index is -0.499. The van der Waals surface area contributed by atoms with Crippen LogP contribution in [0.1, 0.15) is 17.1 Å². The van der Waals surface area contributed by atoms with E-state index < -0.39 is 5.97 Å². The zero-order valence-corrected chi connectivity index (χ0v) is 16.1. The molecule has 0 saturated heterocycles. The minimum absolute atomic E-state index is 0.00304. The van der Waals surface area contributed by atoms with Crippen LogP contribution in [0.2, 0.25) is 0 Å². The molecule has 3 heterocycles. The first-order chi connectivity index (χ1) is 13.4. The van der Waals surface area contributed by atoms with Crippen LogP contribution in [0.15, 0.2) is 39.6 Å². The molecule has 10 heteroatoms. The molecular weight excluding hydrogens is 384 g/mol. The lowest BCUT2D eigenvalue weighted by atomic mass is 10.3. The number of rotatable bonds is 7. The van der Waals surface area contributed by atoms with Crippen molar-refractivity contribution in [2.45, 2.75) is 20.5 Å². The molecule has 0 aromatic carbocycles. The minimum Gasteiger partial charge on any atom is -0.459 e. The Kier molecular flexibility index (Phi) is 6.09. The molecule has 0 bridgehead atoms. The lowest BCUT2D eigenvalue weighted by Crippen LogP contribution is -2.19. The molecule has 0 radical (unpaired) electrons. The predicted octanol–water partition coefficient (Wildman–Crippen LogP) is 1.71. The summed E-state index contributed by atoms with van der Waals surface area (Å²) < 4.78 is 11.5. The third kappa shape index (κ3) is 4.97. The molecule has 0 aliphatic heterocycles. The number of anilines is 1. The van der Waals surface area contributed by atoms with Crippen LogP contribution >= 0.6 is 11.8 Å². The fourth-order valence-electron chi connectivity index (χ4n) is 2.47. The number of ether oxygens (including phenoxy) is 1. The molecule has 146 valence electrons. The maximum atomic E-state index is 12.2. The van der Waals surface area contributed by atoms with Gasteiger partial charge in [0.05, 0.1) is 17.2 Å². The van der Waals surface area contributed by atoms with Crippen LogP contribution in [0.5, 0.6) is 0 Å². The van der Waals surface area contributed by atoms with Crippen molar-refractivity contribution in [3.63, 3.8) is 0 Å². The summed E-state index contributed by atoms with van der Waals surface area (Å²) in [6.07, 6.45) is 0. The highest BCUT2D eigenvalue weighted by molar-refractivity contribution is 8.00. The Bertz CT molecular complexity index is 1080. The lowest BCUT2D eigenvalue weighted by Gasteiger charge is -2.07. The van der Waals surface area contributed by atoms with Gasteiger partial charge < -0.3 is 14.6 Å². The average Bonchev–Trinajstić information content (AvgIpc) is 3.04. The van der Waals surface area contributed by atoms with E-state index in [0.717, 1.165) is 17.5 Å². The van der Waals surface area contributed by atoms with E-state index in [1.165, 1.54) is 10.5 Å². The highest BCUT2D eigenvalue weighted by Crippen LogP contribution is 2.09. The molecule has 28 heavy (non-hydrogen) atoms. The summed E-state index contributed by atoms with van der Waals surface area (Å²) >= 11 is 1.11. The molecule has 0 aliphatic rings. The van der Waals surface area contributed by atoms with Crippen molar-refractivity contribution in [3.8, 4) is 0 Å². The SMILES string of the molecule is Cc1cc(NC(=O)CSCC(=O)OCc2cc(=O)n3c(C)cccc3n2)no1. The summed E-state index contributed by atoms with van der Waals surface area (Å²) in [7, 11) is 0. The van der Waals surface area contributed by atoms with Crippen molar-refractivity contribution in [3.05, 3.63) is 57.8 Å². The first kappa shape index (κ1) is 19.6. The molecule has 0 atom stereocenters. The van der Waals surface area contributed by atoms with E-state index in [4.69, 9.17) is 9.26 Å². The molecule has 0 unspecified atom stereocenters. The van der Waals surface area contributed by atoms with Crippen LogP contribution in [0, 0.1) is 13.8 Å². The second kappa shape index (κ2) is 8.70. The zero-order chi connectivity index (χ0) is 20.1. The third-order valence-electron chi connectivity index (χ3n) is 3.66. The second-order valence-corrected chi connectivity index (χ2v) is 6.96. The maximum absolute atomic E-state index is 12.2. The summed E-state index contributed by atoms with van der Waals surface area (Å²) in [5.41, 5.74) is 1.40. The monoisotopic (exact) mass is 402 g/mol. The highest BCUT2D eigenvalue weighted by Gasteiger charge is 2.10. The van der Waals surface area contributed by atoms with Crippen LogP contribution in [0.3, 0.4) is 0 Å². The van der Waals surface area contributed by atoms with Gasteiger partial charge in [-0.2, -0.15) is 0 Å². The Morgan fingerprint density at radius 2 is 2.07 bits per heavy atom. The molecular formula is C18H18N4O5S. The number of amides is 1. The summed E-state index contributed by atoms with van der Waals surface area (Å²) in [6, 6.07) is 8.26. The van der Waals surface area contributed by atoms with Crippen molar-refractivity contribution < 1.29 is 18.8 Å². The summed E-state index contributed by atoms with van der Waals surface area (Å²) in [5.74, 6) is 0.178. The lowest BCUT2D eigenvalue weighted by molar-refractivity contribution is -0.141. The van der Waals surface area contributed by atoms with Gasteiger partial charge in [0.1, 0.15) is 18.0 Å². The van der Waals surface area contributed by atoms with Crippen molar-refractivity contribution >= 4 is 35.1 Å². The predicted molar refractivity (Wildman–Crippen MR) is 103 cm³/mol. The molecule has 3 aromatic rings. The third-order valence-corrected chi connectivity index (χ3v) is 4.57. The number of carbonyl (C=O) groups excluding carboxylic acids is 2. The molecule has 1 amide bonds. The Morgan fingerprint density at radius 3 is 2.82 bits per heavy atom. The summed E-state index contributed by atoms with van der Waals surface area (Å²) in [6.45, 7) is 3.42. The van der Waals surface area contributed by atoms with Gasteiger partial charge in [0, 0.05) is 17.8 Å². The van der Waals surface area contributed by atoms with Crippen molar-refractivity contribution in [1.29, 1.82) is 0 Å². The van der Waals surface area contributed by atoms with E-state index in [1.54, 1.807) is 25.1 Å². The number of fused-ring (bicyclic) bond motifs is 1. The van der Waals surface area contributed by atoms with E-state index in [-0.39, 0.29) is 29.6 Å². The van der Waals surface area contributed by atoms with Gasteiger partial charge in [-0.1, -0.05) is 11.2 Å². The van der Waals surface area contributed by atoms with Crippen LogP contribution in [0.4, 0.5) is 5.82 Å². The molecule has 0 saturated carbocycles. The number of thioether (sulfide) groups is 1. The molecule has 1 N–H and O–H groups in total. The first-order valence-corrected chi connectivity index (χ1v) is 9.52. The number of carbonyl (C=O) groups is 2. The summed E-state index contributed by atoms with van der Waals surface area (Å²) in [5, 5.41) is 6.21. The van der Waals surface area contributed by atoms with Gasteiger partial charge in [0.25, 0.3) is 5.56 Å². The van der Waals surface area contributed by atoms with E-state index in [2.05, 4.69) is 15.5 Å². The van der Waals surface area contributed by atoms with E-state index in [9.17, 15) is 14.4 Å². The fraction of sp³-hybridized carbons (Fsp3) is 0.278. The van der Waals surface area contributed by atoms with E-state index in [1.807, 2.05) is 13.0 Å². The number of aryl methyl sites for hydroxylation is 2. The van der Waals surface area contributed by atoms with Crippen LogP contribution in [-0.2, 0) is 20.9 Å². The zero-order valence-electron chi connectivity index (χ0n) is 15.3. The number of nitrogens with one attached hydrogen (secondary N) is 1. The van der Waals surface area contributed by atoms with Crippen molar-refractivity contribution in [2.24, 2.45) is 0 Å². The maximum Gasteiger partial charge on any atom is 0.316 e. The molecule has 3 aromatic heterocycles.